The summed E-state index contributed by atoms with van der Waals surface area (Å²) in [6.07, 6.45) is 0. The average Bonchev–Trinajstić information content (AvgIpc) is 2.40. The van der Waals surface area contributed by atoms with Crippen LogP contribution in [0.1, 0.15) is 15.9 Å². The maximum Gasteiger partial charge on any atom is 0.339 e. The van der Waals surface area contributed by atoms with Crippen LogP contribution in [0.3, 0.4) is 0 Å². The number of nitrogens with two attached hydrogens (primary N) is 1. The van der Waals surface area contributed by atoms with Crippen LogP contribution < -0.4 is 5.73 Å². The zero-order chi connectivity index (χ0) is 13.4. The summed E-state index contributed by atoms with van der Waals surface area (Å²) in [7, 11) is 0. The second kappa shape index (κ2) is 8.97. The van der Waals surface area contributed by atoms with Crippen molar-refractivity contribution in [1.29, 1.82) is 0 Å². The van der Waals surface area contributed by atoms with Crippen LogP contribution in [0.25, 0.3) is 0 Å². The van der Waals surface area contributed by atoms with E-state index in [1.165, 1.54) is 17.7 Å². The number of hydrogen-bond donors (Lipinski definition) is 3. The van der Waals surface area contributed by atoms with E-state index in [2.05, 4.69) is 0 Å². The van der Waals surface area contributed by atoms with Gasteiger partial charge in [0.1, 0.15) is 11.3 Å². The summed E-state index contributed by atoms with van der Waals surface area (Å²) in [5, 5.41) is 17.3. The molecule has 5 heteroatoms. The maximum atomic E-state index is 10.3. The molecule has 0 saturated heterocycles. The summed E-state index contributed by atoms with van der Waals surface area (Å²) in [4.78, 5) is 10.3. The maximum absolute atomic E-state index is 10.3. The van der Waals surface area contributed by atoms with Crippen LogP contribution in [0.5, 0.6) is 5.75 Å². The first kappa shape index (κ1) is 17.0. The van der Waals surface area contributed by atoms with Gasteiger partial charge in [-0.05, 0) is 17.7 Å². The van der Waals surface area contributed by atoms with Gasteiger partial charge in [0.2, 0.25) is 0 Å². The number of rotatable bonds is 2. The summed E-state index contributed by atoms with van der Waals surface area (Å²) < 4.78 is 0. The fourth-order valence-corrected chi connectivity index (χ4v) is 1.27. The summed E-state index contributed by atoms with van der Waals surface area (Å²) in [6.45, 7) is 0.640. The second-order valence-corrected chi connectivity index (χ2v) is 3.51. The lowest BCUT2D eigenvalue weighted by Gasteiger charge is -1.95. The van der Waals surface area contributed by atoms with Crippen LogP contribution in [-0.2, 0) is 6.54 Å². The highest BCUT2D eigenvalue weighted by Crippen LogP contribution is 2.14. The lowest BCUT2D eigenvalue weighted by atomic mass is 10.2. The van der Waals surface area contributed by atoms with Crippen molar-refractivity contribution in [3.63, 3.8) is 0 Å². The molecule has 0 spiro atoms. The minimum absolute atomic E-state index is 0. The smallest absolute Gasteiger partial charge is 0.339 e. The van der Waals surface area contributed by atoms with E-state index in [1.54, 1.807) is 12.1 Å². The molecule has 0 aliphatic rings. The van der Waals surface area contributed by atoms with E-state index >= 15 is 0 Å². The lowest BCUT2D eigenvalue weighted by molar-refractivity contribution is 0.0694. The van der Waals surface area contributed by atoms with Gasteiger partial charge in [0.25, 0.3) is 0 Å². The molecule has 0 bridgehead atoms. The molecule has 19 heavy (non-hydrogen) atoms. The molecule has 0 radical (unpaired) electrons. The van der Waals surface area contributed by atoms with Gasteiger partial charge < -0.3 is 15.9 Å². The third-order valence-electron chi connectivity index (χ3n) is 2.21. The van der Waals surface area contributed by atoms with Crippen molar-refractivity contribution >= 4 is 18.4 Å². The fourth-order valence-electron chi connectivity index (χ4n) is 1.27. The summed E-state index contributed by atoms with van der Waals surface area (Å²) in [5.41, 5.74) is 6.47. The van der Waals surface area contributed by atoms with Gasteiger partial charge in [-0.2, -0.15) is 0 Å². The van der Waals surface area contributed by atoms with Crippen LogP contribution >= 0.6 is 12.4 Å². The van der Waals surface area contributed by atoms with E-state index in [0.29, 0.717) is 6.54 Å². The second-order valence-electron chi connectivity index (χ2n) is 3.51. The molecule has 4 N–H and O–H groups in total. The summed E-state index contributed by atoms with van der Waals surface area (Å²) in [6, 6.07) is 15.8. The number of para-hydroxylation sites is 1. The molecule has 0 fully saturated rings. The molecule has 0 unspecified atom stereocenters. The molecule has 2 aromatic rings. The first-order valence-electron chi connectivity index (χ1n) is 5.40. The number of halogens is 1. The zero-order valence-corrected chi connectivity index (χ0v) is 11.0. The Morgan fingerprint density at radius 1 is 1.00 bits per heavy atom. The Kier molecular flexibility index (Phi) is 8.00. The van der Waals surface area contributed by atoms with E-state index in [0.717, 1.165) is 0 Å². The predicted octanol–water partition coefficient (Wildman–Crippen LogP) is 2.66. The molecule has 0 amide bonds. The monoisotopic (exact) mass is 281 g/mol. The molecule has 2 rings (SSSR count). The number of aromatic hydroxyl groups is 1. The van der Waals surface area contributed by atoms with Crippen molar-refractivity contribution in [2.75, 3.05) is 0 Å². The van der Waals surface area contributed by atoms with Gasteiger partial charge in [0, 0.05) is 6.54 Å². The van der Waals surface area contributed by atoms with Gasteiger partial charge in [-0.3, -0.25) is 0 Å². The Bertz CT molecular complexity index is 503. The zero-order valence-electron chi connectivity index (χ0n) is 10.2. The van der Waals surface area contributed by atoms with Gasteiger partial charge in [-0.15, -0.1) is 12.4 Å². The van der Waals surface area contributed by atoms with E-state index in [9.17, 15) is 4.79 Å². The van der Waals surface area contributed by atoms with Crippen LogP contribution in [0.4, 0.5) is 0 Å². The minimum Gasteiger partial charge on any atom is -0.507 e. The number of carboxylic acid groups (broad SMARTS) is 1. The van der Waals surface area contributed by atoms with E-state index in [4.69, 9.17) is 15.9 Å². The molecular weight excluding hydrogens is 266 g/mol. The predicted molar refractivity (Wildman–Crippen MR) is 76.6 cm³/mol. The number of phenols is 1. The fraction of sp³-hybridized carbons (Fsp3) is 0.0714. The van der Waals surface area contributed by atoms with E-state index < -0.39 is 5.97 Å². The van der Waals surface area contributed by atoms with Crippen LogP contribution in [0.15, 0.2) is 54.6 Å². The summed E-state index contributed by atoms with van der Waals surface area (Å²) in [5.74, 6) is -1.31. The summed E-state index contributed by atoms with van der Waals surface area (Å²) >= 11 is 0. The molecule has 4 nitrogen and oxygen atoms in total. The Labute approximate surface area is 117 Å². The van der Waals surface area contributed by atoms with Crippen molar-refractivity contribution in [3.8, 4) is 5.75 Å². The normalized spacial score (nSPS) is 8.68. The molecule has 2 aromatic carbocycles. The Balaban J connectivity index is 0.000000331. The Morgan fingerprint density at radius 2 is 1.53 bits per heavy atom. The largest absolute Gasteiger partial charge is 0.507 e. The molecular formula is C14H16ClNO3. The third kappa shape index (κ3) is 5.90. The van der Waals surface area contributed by atoms with Crippen LogP contribution in [0, 0.1) is 0 Å². The van der Waals surface area contributed by atoms with Gasteiger partial charge in [0.05, 0.1) is 0 Å². The quantitative estimate of drug-likeness (QED) is 0.790. The Hall–Kier alpha value is -2.04. The first-order valence-corrected chi connectivity index (χ1v) is 5.40. The van der Waals surface area contributed by atoms with Crippen molar-refractivity contribution in [2.24, 2.45) is 5.73 Å². The lowest BCUT2D eigenvalue weighted by Crippen LogP contribution is -1.95. The number of carbonyl (C=O) groups is 1. The molecule has 0 atom stereocenters. The molecule has 0 aromatic heterocycles. The van der Waals surface area contributed by atoms with E-state index in [-0.39, 0.29) is 23.7 Å². The number of aromatic carboxylic acids is 1. The van der Waals surface area contributed by atoms with Crippen molar-refractivity contribution in [1.82, 2.24) is 0 Å². The van der Waals surface area contributed by atoms with Crippen LogP contribution in [-0.4, -0.2) is 16.2 Å². The highest BCUT2D eigenvalue weighted by atomic mass is 35.5. The molecule has 0 aliphatic heterocycles. The number of benzene rings is 2. The third-order valence-corrected chi connectivity index (χ3v) is 2.21. The van der Waals surface area contributed by atoms with Crippen molar-refractivity contribution in [2.45, 2.75) is 6.54 Å². The van der Waals surface area contributed by atoms with Crippen molar-refractivity contribution < 1.29 is 15.0 Å². The number of hydrogen-bond acceptors (Lipinski definition) is 3. The molecule has 0 heterocycles. The minimum atomic E-state index is -1.11. The highest BCUT2D eigenvalue weighted by molar-refractivity contribution is 5.90. The standard InChI is InChI=1S/C7H9N.C7H6O3.ClH/c8-6-7-4-2-1-3-5-7;8-6-4-2-1-3-5(6)7(9)10;/h1-5H,6,8H2;1-4,8H,(H,9,10);1H. The molecule has 0 aliphatic carbocycles. The highest BCUT2D eigenvalue weighted by Gasteiger charge is 2.05. The average molecular weight is 282 g/mol. The number of carboxylic acids is 1. The van der Waals surface area contributed by atoms with Crippen LogP contribution in [0.2, 0.25) is 0 Å². The van der Waals surface area contributed by atoms with Gasteiger partial charge in [0.15, 0.2) is 0 Å². The van der Waals surface area contributed by atoms with Gasteiger partial charge >= 0.3 is 5.97 Å². The van der Waals surface area contributed by atoms with Gasteiger partial charge in [-0.1, -0.05) is 42.5 Å². The molecule has 102 valence electrons. The van der Waals surface area contributed by atoms with Crippen molar-refractivity contribution in [3.05, 3.63) is 65.7 Å². The topological polar surface area (TPSA) is 83.6 Å². The van der Waals surface area contributed by atoms with Gasteiger partial charge in [-0.25, -0.2) is 4.79 Å². The SMILES string of the molecule is Cl.NCc1ccccc1.O=C(O)c1ccccc1O. The Morgan fingerprint density at radius 3 is 1.89 bits per heavy atom. The first-order chi connectivity index (χ1) is 8.65. The molecule has 0 saturated carbocycles. The van der Waals surface area contributed by atoms with E-state index in [1.807, 2.05) is 30.3 Å².